The van der Waals surface area contributed by atoms with E-state index in [0.29, 0.717) is 0 Å². The fourth-order valence-electron chi connectivity index (χ4n) is 0. The molecule has 0 fully saturated rings. The SMILES string of the molecule is CNN.O=C(O)C(=O)O. The van der Waals surface area contributed by atoms with Gasteiger partial charge in [-0.2, -0.15) is 0 Å². The van der Waals surface area contributed by atoms with Crippen LogP contribution in [0.25, 0.3) is 0 Å². The van der Waals surface area contributed by atoms with E-state index in [1.807, 2.05) is 0 Å². The number of carboxylic acids is 2. The highest BCUT2D eigenvalue weighted by Gasteiger charge is 2.04. The van der Waals surface area contributed by atoms with E-state index in [0.717, 1.165) is 0 Å². The Morgan fingerprint density at radius 1 is 1.33 bits per heavy atom. The third-order valence-corrected chi connectivity index (χ3v) is 0.183. The molecule has 0 rings (SSSR count). The summed E-state index contributed by atoms with van der Waals surface area (Å²) in [5.41, 5.74) is 2.25. The van der Waals surface area contributed by atoms with Crippen LogP contribution in [0, 0.1) is 0 Å². The van der Waals surface area contributed by atoms with Gasteiger partial charge in [-0.1, -0.05) is 0 Å². The molecule has 9 heavy (non-hydrogen) atoms. The zero-order chi connectivity index (χ0) is 7.86. The summed E-state index contributed by atoms with van der Waals surface area (Å²) in [6.45, 7) is 0. The van der Waals surface area contributed by atoms with Gasteiger partial charge < -0.3 is 10.2 Å². The highest BCUT2D eigenvalue weighted by Crippen LogP contribution is 1.56. The second-order valence-electron chi connectivity index (χ2n) is 0.899. The Balaban J connectivity index is 0. The van der Waals surface area contributed by atoms with Crippen LogP contribution in [0.4, 0.5) is 0 Å². The van der Waals surface area contributed by atoms with Gasteiger partial charge in [0.05, 0.1) is 0 Å². The van der Waals surface area contributed by atoms with Gasteiger partial charge in [0.15, 0.2) is 0 Å². The molecule has 0 saturated carbocycles. The molecule has 0 saturated heterocycles. The van der Waals surface area contributed by atoms with Gasteiger partial charge in [0, 0.05) is 0 Å². The number of aliphatic carboxylic acids is 2. The third-order valence-electron chi connectivity index (χ3n) is 0.183. The Morgan fingerprint density at radius 3 is 1.44 bits per heavy atom. The summed E-state index contributed by atoms with van der Waals surface area (Å²) in [5.74, 6) is 0.949. The van der Waals surface area contributed by atoms with E-state index in [1.165, 1.54) is 0 Å². The fraction of sp³-hybridized carbons (Fsp3) is 0.333. The molecule has 0 amide bonds. The molecule has 0 radical (unpaired) electrons. The van der Waals surface area contributed by atoms with Gasteiger partial charge in [-0.05, 0) is 7.05 Å². The minimum absolute atomic E-state index is 1.65. The summed E-state index contributed by atoms with van der Waals surface area (Å²) in [6, 6.07) is 0. The molecule has 5 N–H and O–H groups in total. The van der Waals surface area contributed by atoms with Gasteiger partial charge in [-0.15, -0.1) is 0 Å². The second-order valence-corrected chi connectivity index (χ2v) is 0.899. The van der Waals surface area contributed by atoms with Gasteiger partial charge in [-0.3, -0.25) is 11.3 Å². The number of nitrogens with one attached hydrogen (secondary N) is 1. The van der Waals surface area contributed by atoms with E-state index >= 15 is 0 Å². The Hall–Kier alpha value is -1.14. The zero-order valence-electron chi connectivity index (χ0n) is 4.79. The number of rotatable bonds is 0. The summed E-state index contributed by atoms with van der Waals surface area (Å²) in [6.07, 6.45) is 0. The molecule has 0 aromatic carbocycles. The molecule has 0 aromatic heterocycles. The largest absolute Gasteiger partial charge is 0.473 e. The lowest BCUT2D eigenvalue weighted by atomic mass is 10.7. The molecular weight excluding hydrogens is 128 g/mol. The van der Waals surface area contributed by atoms with Crippen LogP contribution in [-0.4, -0.2) is 29.2 Å². The average molecular weight is 136 g/mol. The number of hydrogen-bond donors (Lipinski definition) is 4. The highest BCUT2D eigenvalue weighted by atomic mass is 16.4. The molecule has 0 aliphatic carbocycles. The molecule has 0 spiro atoms. The summed E-state index contributed by atoms with van der Waals surface area (Å²) >= 11 is 0. The summed E-state index contributed by atoms with van der Waals surface area (Å²) in [5, 5.41) is 14.8. The van der Waals surface area contributed by atoms with E-state index in [2.05, 4.69) is 11.3 Å². The van der Waals surface area contributed by atoms with Crippen molar-refractivity contribution in [2.75, 3.05) is 7.05 Å². The van der Waals surface area contributed by atoms with Gasteiger partial charge in [-0.25, -0.2) is 9.59 Å². The van der Waals surface area contributed by atoms with Crippen molar-refractivity contribution in [3.05, 3.63) is 0 Å². The van der Waals surface area contributed by atoms with Crippen molar-refractivity contribution < 1.29 is 19.8 Å². The molecule has 6 heteroatoms. The fourth-order valence-corrected chi connectivity index (χ4v) is 0. The predicted molar refractivity (Wildman–Crippen MR) is 28.5 cm³/mol. The minimum Gasteiger partial charge on any atom is -0.473 e. The molecule has 0 unspecified atom stereocenters. The normalized spacial score (nSPS) is 6.89. The molecule has 0 aromatic rings. The van der Waals surface area contributed by atoms with Gasteiger partial charge in [0.25, 0.3) is 0 Å². The lowest BCUT2D eigenvalue weighted by Gasteiger charge is -1.72. The number of hydrogen-bond acceptors (Lipinski definition) is 4. The van der Waals surface area contributed by atoms with Crippen molar-refractivity contribution in [3.63, 3.8) is 0 Å². The summed E-state index contributed by atoms with van der Waals surface area (Å²) in [4.78, 5) is 18.2. The van der Waals surface area contributed by atoms with E-state index in [4.69, 9.17) is 19.8 Å². The lowest BCUT2D eigenvalue weighted by Crippen LogP contribution is -2.13. The lowest BCUT2D eigenvalue weighted by molar-refractivity contribution is -0.159. The Labute approximate surface area is 51.2 Å². The predicted octanol–water partition coefficient (Wildman–Crippen LogP) is -1.76. The number of carbonyl (C=O) groups is 2. The van der Waals surface area contributed by atoms with Gasteiger partial charge in [0.1, 0.15) is 0 Å². The quantitative estimate of drug-likeness (QED) is 0.178. The highest BCUT2D eigenvalue weighted by molar-refractivity contribution is 6.27. The maximum Gasteiger partial charge on any atom is 0.414 e. The van der Waals surface area contributed by atoms with Gasteiger partial charge >= 0.3 is 11.9 Å². The molecule has 0 atom stereocenters. The summed E-state index contributed by atoms with van der Waals surface area (Å²) < 4.78 is 0. The first kappa shape index (κ1) is 10.8. The van der Waals surface area contributed by atoms with Crippen LogP contribution < -0.4 is 11.3 Å². The van der Waals surface area contributed by atoms with Crippen molar-refractivity contribution in [2.24, 2.45) is 5.84 Å². The van der Waals surface area contributed by atoms with Crippen molar-refractivity contribution in [1.82, 2.24) is 5.43 Å². The third kappa shape index (κ3) is 19.8. The van der Waals surface area contributed by atoms with Crippen LogP contribution in [0.15, 0.2) is 0 Å². The van der Waals surface area contributed by atoms with Crippen LogP contribution in [0.1, 0.15) is 0 Å². The first-order valence-electron chi connectivity index (χ1n) is 1.89. The van der Waals surface area contributed by atoms with Crippen molar-refractivity contribution in [2.45, 2.75) is 0 Å². The molecule has 0 bridgehead atoms. The van der Waals surface area contributed by atoms with E-state index < -0.39 is 11.9 Å². The number of nitrogens with two attached hydrogens (primary N) is 1. The molecule has 54 valence electrons. The number of carboxylic acid groups (broad SMARTS) is 2. The first-order valence-corrected chi connectivity index (χ1v) is 1.89. The van der Waals surface area contributed by atoms with Crippen LogP contribution in [0.2, 0.25) is 0 Å². The summed E-state index contributed by atoms with van der Waals surface area (Å²) in [7, 11) is 1.65. The second kappa shape index (κ2) is 6.86. The van der Waals surface area contributed by atoms with Crippen LogP contribution in [0.5, 0.6) is 0 Å². The molecule has 0 aliphatic heterocycles. The van der Waals surface area contributed by atoms with E-state index in [9.17, 15) is 0 Å². The Bertz CT molecular complexity index is 90.0. The van der Waals surface area contributed by atoms with Crippen LogP contribution in [-0.2, 0) is 9.59 Å². The Morgan fingerprint density at radius 2 is 1.44 bits per heavy atom. The van der Waals surface area contributed by atoms with Crippen molar-refractivity contribution >= 4 is 11.9 Å². The maximum atomic E-state index is 9.10. The smallest absolute Gasteiger partial charge is 0.414 e. The molecule has 6 nitrogen and oxygen atoms in total. The Kier molecular flexibility index (Phi) is 8.21. The first-order chi connectivity index (χ1) is 4.06. The molecular formula is C3H8N2O4. The zero-order valence-corrected chi connectivity index (χ0v) is 4.79. The van der Waals surface area contributed by atoms with Crippen molar-refractivity contribution in [1.29, 1.82) is 0 Å². The standard InChI is InChI=1S/C2H2O4.CH6N2/c3-1(4)2(5)6;1-3-2/h(H,3,4)(H,5,6);3H,2H2,1H3. The maximum absolute atomic E-state index is 9.10. The van der Waals surface area contributed by atoms with Crippen LogP contribution >= 0.6 is 0 Å². The molecule has 0 aliphatic rings. The van der Waals surface area contributed by atoms with E-state index in [1.54, 1.807) is 7.05 Å². The molecule has 0 heterocycles. The van der Waals surface area contributed by atoms with E-state index in [-0.39, 0.29) is 0 Å². The monoisotopic (exact) mass is 136 g/mol. The number of hydrazine groups is 1. The topological polar surface area (TPSA) is 113 Å². The average Bonchev–Trinajstić information content (AvgIpc) is 1.68. The van der Waals surface area contributed by atoms with Gasteiger partial charge in [0.2, 0.25) is 0 Å². The van der Waals surface area contributed by atoms with Crippen molar-refractivity contribution in [3.8, 4) is 0 Å². The van der Waals surface area contributed by atoms with Crippen LogP contribution in [0.3, 0.4) is 0 Å². The minimum atomic E-state index is -1.82.